The molecule has 4 aromatic carbocycles. The van der Waals surface area contributed by atoms with Crippen molar-refractivity contribution in [3.63, 3.8) is 0 Å². The lowest BCUT2D eigenvalue weighted by Gasteiger charge is -2.33. The molecule has 0 aromatic heterocycles. The summed E-state index contributed by atoms with van der Waals surface area (Å²) in [5, 5.41) is 37.7. The van der Waals surface area contributed by atoms with Crippen molar-refractivity contribution in [1.82, 2.24) is 9.80 Å². The number of aliphatic hydroxyl groups excluding tert-OH is 4. The number of fused-ring (bicyclic) bond motifs is 3. The minimum atomic E-state index is -0.112. The molecule has 0 spiro atoms. The first-order chi connectivity index (χ1) is 23.1. The molecule has 0 amide bonds. The Balaban J connectivity index is 1.46. The average Bonchev–Trinajstić information content (AvgIpc) is 3.40. The molecule has 0 atom stereocenters. The van der Waals surface area contributed by atoms with Gasteiger partial charge in [-0.15, -0.1) is 0 Å². The Kier molecular flexibility index (Phi) is 13.2. The standard InChI is InChI=1S/C41H52N2O4/c44-29-42(30-45)25-13-3-1-11-23-41(24-12-2-4-14-26-43(31-46)32-47)39-27-35(33-15-7-5-8-16-33)19-21-37(39)38-22-20-36(28-40(38)41)34-17-9-6-10-18-34/h5-10,15-22,27-28,44-47H,1-4,11-14,23-26,29-32H2. The maximum absolute atomic E-state index is 9.43. The van der Waals surface area contributed by atoms with Crippen LogP contribution >= 0.6 is 0 Å². The van der Waals surface area contributed by atoms with Crippen molar-refractivity contribution in [3.8, 4) is 33.4 Å². The number of unbranched alkanes of at least 4 members (excludes halogenated alkanes) is 6. The maximum Gasteiger partial charge on any atom is 0.0974 e. The molecule has 1 aliphatic carbocycles. The molecule has 47 heavy (non-hydrogen) atoms. The van der Waals surface area contributed by atoms with Gasteiger partial charge in [-0.05, 0) is 82.3 Å². The molecule has 0 aliphatic heterocycles. The predicted octanol–water partition coefficient (Wildman–Crippen LogP) is 7.59. The minimum absolute atomic E-state index is 0.106. The Labute approximate surface area is 280 Å². The lowest BCUT2D eigenvalue weighted by Crippen LogP contribution is -2.27. The van der Waals surface area contributed by atoms with Crippen LogP contribution in [0.15, 0.2) is 97.1 Å². The molecule has 0 radical (unpaired) electrons. The third-order valence-corrected chi connectivity index (χ3v) is 10.0. The molecule has 0 saturated heterocycles. The van der Waals surface area contributed by atoms with Crippen molar-refractivity contribution in [2.45, 2.75) is 69.6 Å². The van der Waals surface area contributed by atoms with E-state index in [9.17, 15) is 20.4 Å². The Hall–Kier alpha value is -3.36. The second-order valence-corrected chi connectivity index (χ2v) is 13.0. The highest BCUT2D eigenvalue weighted by Gasteiger charge is 2.42. The predicted molar refractivity (Wildman–Crippen MR) is 191 cm³/mol. The van der Waals surface area contributed by atoms with E-state index >= 15 is 0 Å². The first-order valence-corrected chi connectivity index (χ1v) is 17.4. The molecule has 6 nitrogen and oxygen atoms in total. The highest BCUT2D eigenvalue weighted by atomic mass is 16.3. The van der Waals surface area contributed by atoms with Crippen molar-refractivity contribution in [1.29, 1.82) is 0 Å². The van der Waals surface area contributed by atoms with E-state index in [0.717, 1.165) is 64.2 Å². The fraction of sp³-hybridized carbons (Fsp3) is 0.415. The summed E-state index contributed by atoms with van der Waals surface area (Å²) in [6.07, 6.45) is 10.6. The number of benzene rings is 4. The smallest absolute Gasteiger partial charge is 0.0974 e. The molecule has 4 aromatic rings. The highest BCUT2D eigenvalue weighted by molar-refractivity contribution is 5.86. The Morgan fingerprint density at radius 1 is 0.404 bits per heavy atom. The molecule has 0 saturated carbocycles. The van der Waals surface area contributed by atoms with Crippen LogP contribution in [0.3, 0.4) is 0 Å². The van der Waals surface area contributed by atoms with Crippen LogP contribution in [-0.2, 0) is 5.41 Å². The summed E-state index contributed by atoms with van der Waals surface area (Å²) < 4.78 is 0. The number of hydrogen-bond donors (Lipinski definition) is 4. The number of hydrogen-bond acceptors (Lipinski definition) is 6. The summed E-state index contributed by atoms with van der Waals surface area (Å²) in [5.74, 6) is 0. The quantitative estimate of drug-likeness (QED) is 0.0591. The lowest BCUT2D eigenvalue weighted by molar-refractivity contribution is 0.0281. The van der Waals surface area contributed by atoms with E-state index in [1.807, 2.05) is 0 Å². The minimum Gasteiger partial charge on any atom is -0.381 e. The van der Waals surface area contributed by atoms with Crippen molar-refractivity contribution < 1.29 is 20.4 Å². The number of aliphatic hydroxyl groups is 4. The van der Waals surface area contributed by atoms with E-state index in [2.05, 4.69) is 97.1 Å². The molecule has 0 fully saturated rings. The largest absolute Gasteiger partial charge is 0.381 e. The van der Waals surface area contributed by atoms with Crippen LogP contribution in [0, 0.1) is 0 Å². The van der Waals surface area contributed by atoms with E-state index in [-0.39, 0.29) is 32.3 Å². The van der Waals surface area contributed by atoms with Gasteiger partial charge >= 0.3 is 0 Å². The van der Waals surface area contributed by atoms with Crippen LogP contribution in [0.25, 0.3) is 33.4 Å². The maximum atomic E-state index is 9.43. The van der Waals surface area contributed by atoms with Gasteiger partial charge in [0.2, 0.25) is 0 Å². The molecule has 250 valence electrons. The monoisotopic (exact) mass is 636 g/mol. The van der Waals surface area contributed by atoms with Crippen LogP contribution in [0.4, 0.5) is 0 Å². The van der Waals surface area contributed by atoms with E-state index in [1.165, 1.54) is 44.5 Å². The van der Waals surface area contributed by atoms with Gasteiger partial charge in [-0.25, -0.2) is 0 Å². The fourth-order valence-electron chi connectivity index (χ4n) is 7.38. The van der Waals surface area contributed by atoms with Gasteiger partial charge in [0.1, 0.15) is 0 Å². The van der Waals surface area contributed by atoms with E-state index in [0.29, 0.717) is 13.1 Å². The number of nitrogens with zero attached hydrogens (tertiary/aromatic N) is 2. The van der Waals surface area contributed by atoms with Crippen molar-refractivity contribution >= 4 is 0 Å². The molecular formula is C41H52N2O4. The Morgan fingerprint density at radius 3 is 1.17 bits per heavy atom. The number of rotatable bonds is 20. The zero-order chi connectivity index (χ0) is 32.9. The molecule has 5 rings (SSSR count). The molecule has 1 aliphatic rings. The van der Waals surface area contributed by atoms with Gasteiger partial charge in [0, 0.05) is 18.5 Å². The van der Waals surface area contributed by atoms with E-state index in [4.69, 9.17) is 0 Å². The topological polar surface area (TPSA) is 87.4 Å². The lowest BCUT2D eigenvalue weighted by atomic mass is 9.70. The van der Waals surface area contributed by atoms with Crippen LogP contribution in [0.2, 0.25) is 0 Å². The normalized spacial score (nSPS) is 13.3. The van der Waals surface area contributed by atoms with Crippen LogP contribution < -0.4 is 0 Å². The first kappa shape index (κ1) is 35.0. The van der Waals surface area contributed by atoms with Crippen LogP contribution in [-0.4, -0.2) is 70.2 Å². The summed E-state index contributed by atoms with van der Waals surface area (Å²) in [5.41, 5.74) is 10.5. The Morgan fingerprint density at radius 2 is 0.787 bits per heavy atom. The molecule has 0 unspecified atom stereocenters. The molecular weight excluding hydrogens is 584 g/mol. The van der Waals surface area contributed by atoms with Crippen molar-refractivity contribution in [3.05, 3.63) is 108 Å². The second-order valence-electron chi connectivity index (χ2n) is 13.0. The molecule has 4 N–H and O–H groups in total. The van der Waals surface area contributed by atoms with Gasteiger partial charge in [-0.2, -0.15) is 0 Å². The van der Waals surface area contributed by atoms with Gasteiger partial charge in [0.05, 0.1) is 26.9 Å². The summed E-state index contributed by atoms with van der Waals surface area (Å²) in [7, 11) is 0. The summed E-state index contributed by atoms with van der Waals surface area (Å²) in [6, 6.07) is 35.6. The van der Waals surface area contributed by atoms with E-state index in [1.54, 1.807) is 9.80 Å². The second kappa shape index (κ2) is 17.7. The highest BCUT2D eigenvalue weighted by Crippen LogP contribution is 2.55. The van der Waals surface area contributed by atoms with E-state index < -0.39 is 0 Å². The van der Waals surface area contributed by atoms with Gasteiger partial charge in [0.25, 0.3) is 0 Å². The van der Waals surface area contributed by atoms with Crippen LogP contribution in [0.1, 0.15) is 75.3 Å². The summed E-state index contributed by atoms with van der Waals surface area (Å²) in [4.78, 5) is 3.31. The van der Waals surface area contributed by atoms with Crippen LogP contribution in [0.5, 0.6) is 0 Å². The average molecular weight is 637 g/mol. The Bertz CT molecular complexity index is 1390. The zero-order valence-electron chi connectivity index (χ0n) is 27.7. The third-order valence-electron chi connectivity index (χ3n) is 10.0. The SMILES string of the molecule is OCN(CO)CCCCCCC1(CCCCCCN(CO)CO)c2cc(-c3ccccc3)ccc2-c2ccc(-c3ccccc3)cc21. The van der Waals surface area contributed by atoms with Crippen molar-refractivity contribution in [2.75, 3.05) is 40.0 Å². The first-order valence-electron chi connectivity index (χ1n) is 17.4. The summed E-state index contributed by atoms with van der Waals surface area (Å²) in [6.45, 7) is 0.957. The van der Waals surface area contributed by atoms with Gasteiger partial charge in [0.15, 0.2) is 0 Å². The molecule has 6 heteroatoms. The molecule has 0 heterocycles. The fourth-order valence-corrected chi connectivity index (χ4v) is 7.38. The zero-order valence-corrected chi connectivity index (χ0v) is 27.7. The van der Waals surface area contributed by atoms with Gasteiger partial charge in [-0.3, -0.25) is 9.80 Å². The van der Waals surface area contributed by atoms with Crippen molar-refractivity contribution in [2.24, 2.45) is 0 Å². The van der Waals surface area contributed by atoms with Gasteiger partial charge in [-0.1, -0.05) is 123 Å². The molecule has 0 bridgehead atoms. The summed E-state index contributed by atoms with van der Waals surface area (Å²) >= 11 is 0. The van der Waals surface area contributed by atoms with Gasteiger partial charge < -0.3 is 20.4 Å². The third kappa shape index (κ3) is 8.57.